The number of halogens is 1. The van der Waals surface area contributed by atoms with E-state index in [9.17, 15) is 16.8 Å². The van der Waals surface area contributed by atoms with Crippen LogP contribution in [-0.2, 0) is 24.5 Å². The van der Waals surface area contributed by atoms with Gasteiger partial charge in [-0.25, -0.2) is 16.8 Å². The van der Waals surface area contributed by atoms with Gasteiger partial charge < -0.3 is 9.47 Å². The Labute approximate surface area is 284 Å². The average molecular weight is 700 g/mol. The monoisotopic (exact) mass is 699 g/mol. The smallest absolute Gasteiger partial charge is 0.265 e. The van der Waals surface area contributed by atoms with Gasteiger partial charge in [0.1, 0.15) is 21.3 Å². The van der Waals surface area contributed by atoms with Gasteiger partial charge in [0, 0.05) is 10.7 Å². The summed E-state index contributed by atoms with van der Waals surface area (Å²) in [6.07, 6.45) is 17.1. The number of unbranched alkanes of at least 4 members (excludes halogenated alkanes) is 12. The van der Waals surface area contributed by atoms with Crippen molar-refractivity contribution in [3.8, 4) is 11.5 Å². The SMILES string of the molecule is CCCCCCCCOc1ccc(NS(=O)(=O)c2cc(C(C)(C)CCCCC)ccc2OCCCCCCCC)cc1S(=O)(=O)Cl. The second kappa shape index (κ2) is 20.4. The molecule has 0 saturated carbocycles. The summed E-state index contributed by atoms with van der Waals surface area (Å²) in [6.45, 7) is 11.5. The zero-order chi connectivity index (χ0) is 34.1. The van der Waals surface area contributed by atoms with Crippen LogP contribution in [0.4, 0.5) is 5.69 Å². The van der Waals surface area contributed by atoms with Gasteiger partial charge >= 0.3 is 0 Å². The molecule has 0 fully saturated rings. The van der Waals surface area contributed by atoms with Gasteiger partial charge in [0.15, 0.2) is 0 Å². The van der Waals surface area contributed by atoms with E-state index in [4.69, 9.17) is 20.2 Å². The minimum atomic E-state index is -4.21. The van der Waals surface area contributed by atoms with Gasteiger partial charge in [0.05, 0.1) is 18.9 Å². The van der Waals surface area contributed by atoms with Crippen LogP contribution in [0.1, 0.15) is 143 Å². The maximum absolute atomic E-state index is 13.9. The first-order chi connectivity index (χ1) is 21.9. The highest BCUT2D eigenvalue weighted by molar-refractivity contribution is 8.13. The van der Waals surface area contributed by atoms with E-state index in [1.165, 1.54) is 50.3 Å². The third kappa shape index (κ3) is 14.0. The highest BCUT2D eigenvalue weighted by Gasteiger charge is 2.27. The Bertz CT molecular complexity index is 1390. The van der Waals surface area contributed by atoms with Gasteiger partial charge in [-0.2, -0.15) is 0 Å². The summed E-state index contributed by atoms with van der Waals surface area (Å²) >= 11 is 0. The molecular formula is C36H58ClNO6S2. The Morgan fingerprint density at radius 3 is 1.65 bits per heavy atom. The van der Waals surface area contributed by atoms with Crippen molar-refractivity contribution in [1.82, 2.24) is 0 Å². The highest BCUT2D eigenvalue weighted by Crippen LogP contribution is 2.36. The molecule has 0 aliphatic heterocycles. The van der Waals surface area contributed by atoms with Crippen molar-refractivity contribution in [1.29, 1.82) is 0 Å². The van der Waals surface area contributed by atoms with Crippen LogP contribution in [-0.4, -0.2) is 30.0 Å². The van der Waals surface area contributed by atoms with Gasteiger partial charge in [-0.05, 0) is 60.6 Å². The van der Waals surface area contributed by atoms with E-state index in [0.717, 1.165) is 76.2 Å². The zero-order valence-corrected chi connectivity index (χ0v) is 31.2. The van der Waals surface area contributed by atoms with Gasteiger partial charge in [-0.15, -0.1) is 0 Å². The van der Waals surface area contributed by atoms with E-state index in [1.54, 1.807) is 12.1 Å². The Morgan fingerprint density at radius 2 is 1.11 bits per heavy atom. The molecule has 0 radical (unpaired) electrons. The zero-order valence-electron chi connectivity index (χ0n) is 28.8. The Kier molecular flexibility index (Phi) is 17.8. The third-order valence-corrected chi connectivity index (χ3v) is 11.1. The number of hydrogen-bond donors (Lipinski definition) is 1. The van der Waals surface area contributed by atoms with E-state index in [0.29, 0.717) is 13.2 Å². The molecule has 0 atom stereocenters. The maximum Gasteiger partial charge on any atom is 0.265 e. The van der Waals surface area contributed by atoms with Crippen LogP contribution >= 0.6 is 10.7 Å². The molecule has 0 aromatic heterocycles. The highest BCUT2D eigenvalue weighted by atomic mass is 35.7. The molecule has 0 aliphatic rings. The molecule has 46 heavy (non-hydrogen) atoms. The molecule has 1 N–H and O–H groups in total. The molecule has 7 nitrogen and oxygen atoms in total. The molecule has 2 rings (SSSR count). The standard InChI is InChI=1S/C36H58ClNO6S2/c1-6-9-12-14-16-19-26-43-32-24-22-31(29-34(32)45(37,39)40)38-46(41,42)35-28-30(36(4,5)25-18-11-8-3)21-23-33(35)44-27-20-17-15-13-10-7-2/h21-24,28-29,38H,6-20,25-27H2,1-5H3. The summed E-state index contributed by atoms with van der Waals surface area (Å²) in [5, 5.41) is 0. The summed E-state index contributed by atoms with van der Waals surface area (Å²) in [5.41, 5.74) is 0.727. The number of ether oxygens (including phenoxy) is 2. The van der Waals surface area contributed by atoms with Gasteiger partial charge in [0.25, 0.3) is 19.1 Å². The predicted octanol–water partition coefficient (Wildman–Crippen LogP) is 10.8. The van der Waals surface area contributed by atoms with E-state index in [2.05, 4.69) is 39.3 Å². The van der Waals surface area contributed by atoms with Crippen molar-refractivity contribution in [2.75, 3.05) is 17.9 Å². The first-order valence-corrected chi connectivity index (χ1v) is 21.2. The normalized spacial score (nSPS) is 12.3. The molecule has 0 saturated heterocycles. The Morgan fingerprint density at radius 1 is 0.630 bits per heavy atom. The fourth-order valence-electron chi connectivity index (χ4n) is 5.44. The number of anilines is 1. The Balaban J connectivity index is 2.31. The minimum Gasteiger partial charge on any atom is -0.492 e. The summed E-state index contributed by atoms with van der Waals surface area (Å²) < 4.78 is 67.2. The topological polar surface area (TPSA) is 98.8 Å². The summed E-state index contributed by atoms with van der Waals surface area (Å²) in [5.74, 6) is 0.378. The van der Waals surface area contributed by atoms with E-state index in [1.807, 2.05) is 6.07 Å². The number of rotatable bonds is 25. The molecule has 0 heterocycles. The largest absolute Gasteiger partial charge is 0.492 e. The maximum atomic E-state index is 13.9. The minimum absolute atomic E-state index is 0.0261. The Hall–Kier alpha value is -1.97. The molecule has 0 bridgehead atoms. The molecule has 10 heteroatoms. The molecule has 262 valence electrons. The number of benzene rings is 2. The number of sulfonamides is 1. The summed E-state index contributed by atoms with van der Waals surface area (Å²) in [4.78, 5) is -0.246. The molecule has 0 amide bonds. The van der Waals surface area contributed by atoms with Crippen LogP contribution in [0, 0.1) is 0 Å². The fourth-order valence-corrected chi connectivity index (χ4v) is 7.66. The van der Waals surface area contributed by atoms with Crippen molar-refractivity contribution in [2.24, 2.45) is 0 Å². The molecular weight excluding hydrogens is 642 g/mol. The molecule has 2 aromatic rings. The summed E-state index contributed by atoms with van der Waals surface area (Å²) in [6, 6.07) is 9.56. The molecule has 0 spiro atoms. The van der Waals surface area contributed by atoms with Crippen molar-refractivity contribution >= 4 is 35.4 Å². The number of hydrogen-bond acceptors (Lipinski definition) is 6. The van der Waals surface area contributed by atoms with Crippen LogP contribution in [0.2, 0.25) is 0 Å². The van der Waals surface area contributed by atoms with Crippen molar-refractivity contribution in [3.63, 3.8) is 0 Å². The predicted molar refractivity (Wildman–Crippen MR) is 192 cm³/mol. The van der Waals surface area contributed by atoms with E-state index >= 15 is 0 Å². The van der Waals surface area contributed by atoms with Gasteiger partial charge in [0.2, 0.25) is 0 Å². The second-order valence-electron chi connectivity index (χ2n) is 12.9. The van der Waals surface area contributed by atoms with Crippen LogP contribution in [0.15, 0.2) is 46.2 Å². The van der Waals surface area contributed by atoms with Crippen molar-refractivity contribution in [2.45, 2.75) is 153 Å². The van der Waals surface area contributed by atoms with Crippen LogP contribution in [0.5, 0.6) is 11.5 Å². The molecule has 0 aliphatic carbocycles. The summed E-state index contributed by atoms with van der Waals surface area (Å²) in [7, 11) is -2.60. The average Bonchev–Trinajstić information content (AvgIpc) is 3.00. The molecule has 2 aromatic carbocycles. The van der Waals surface area contributed by atoms with E-state index in [-0.39, 0.29) is 32.4 Å². The van der Waals surface area contributed by atoms with Crippen LogP contribution in [0.25, 0.3) is 0 Å². The fraction of sp³-hybridized carbons (Fsp3) is 0.667. The van der Waals surface area contributed by atoms with Crippen molar-refractivity contribution in [3.05, 3.63) is 42.0 Å². The second-order valence-corrected chi connectivity index (χ2v) is 17.1. The van der Waals surface area contributed by atoms with Gasteiger partial charge in [-0.3, -0.25) is 4.72 Å². The quantitative estimate of drug-likeness (QED) is 0.0818. The van der Waals surface area contributed by atoms with Crippen LogP contribution < -0.4 is 14.2 Å². The van der Waals surface area contributed by atoms with Gasteiger partial charge in [-0.1, -0.05) is 124 Å². The lowest BCUT2D eigenvalue weighted by Crippen LogP contribution is -2.20. The lowest BCUT2D eigenvalue weighted by atomic mass is 9.80. The molecule has 0 unspecified atom stereocenters. The van der Waals surface area contributed by atoms with Crippen molar-refractivity contribution < 1.29 is 26.3 Å². The van der Waals surface area contributed by atoms with E-state index < -0.39 is 19.1 Å². The lowest BCUT2D eigenvalue weighted by Gasteiger charge is -2.26. The third-order valence-electron chi connectivity index (χ3n) is 8.39. The first kappa shape index (κ1) is 40.2. The lowest BCUT2D eigenvalue weighted by molar-refractivity contribution is 0.296. The van der Waals surface area contributed by atoms with Crippen LogP contribution in [0.3, 0.4) is 0 Å². The first-order valence-electron chi connectivity index (χ1n) is 17.4. The number of nitrogens with one attached hydrogen (secondary N) is 1.